The fourth-order valence-corrected chi connectivity index (χ4v) is 3.19. The zero-order valence-electron chi connectivity index (χ0n) is 18.0. The number of hydrogen-bond donors (Lipinski definition) is 2. The lowest BCUT2D eigenvalue weighted by molar-refractivity contribution is -0.142. The van der Waals surface area contributed by atoms with Crippen LogP contribution in [0.4, 0.5) is 0 Å². The van der Waals surface area contributed by atoms with E-state index in [1.165, 1.54) is 5.57 Å². The van der Waals surface area contributed by atoms with Gasteiger partial charge in [-0.3, -0.25) is 24.1 Å². The van der Waals surface area contributed by atoms with E-state index in [9.17, 15) is 19.2 Å². The second-order valence-electron chi connectivity index (χ2n) is 7.47. The lowest BCUT2D eigenvalue weighted by atomic mass is 10.1. The third-order valence-corrected chi connectivity index (χ3v) is 4.91. The van der Waals surface area contributed by atoms with E-state index in [1.54, 1.807) is 0 Å². The summed E-state index contributed by atoms with van der Waals surface area (Å²) in [6, 6.07) is 0. The first-order chi connectivity index (χ1) is 15.1. The van der Waals surface area contributed by atoms with Crippen LogP contribution in [0.25, 0.3) is 0 Å². The monoisotopic (exact) mass is 435 g/mol. The number of ether oxygens (including phenoxy) is 2. The van der Waals surface area contributed by atoms with Crippen molar-refractivity contribution in [3.63, 3.8) is 0 Å². The van der Waals surface area contributed by atoms with Crippen molar-refractivity contribution in [3.05, 3.63) is 23.8 Å². The maximum Gasteiger partial charge on any atom is 0.230 e. The first-order valence-corrected chi connectivity index (χ1v) is 10.9. The van der Waals surface area contributed by atoms with Crippen molar-refractivity contribution < 1.29 is 28.7 Å². The van der Waals surface area contributed by atoms with Gasteiger partial charge in [-0.1, -0.05) is 23.8 Å². The van der Waals surface area contributed by atoms with Crippen LogP contribution in [0.2, 0.25) is 0 Å². The minimum absolute atomic E-state index is 0.153. The second-order valence-corrected chi connectivity index (χ2v) is 7.47. The summed E-state index contributed by atoms with van der Waals surface area (Å²) in [7, 11) is 0. The van der Waals surface area contributed by atoms with E-state index in [1.807, 2.05) is 0 Å². The maximum absolute atomic E-state index is 11.9. The predicted octanol–water partition coefficient (Wildman–Crippen LogP) is 0.500. The number of carbonyl (C=O) groups is 4. The SMILES string of the molecule is O=C(CCCC(=O)NCCOCCOCCNCC1=CC=CC1)CN1C(=O)CCC1=O. The number of ketones is 1. The van der Waals surface area contributed by atoms with Crippen molar-refractivity contribution in [1.29, 1.82) is 0 Å². The van der Waals surface area contributed by atoms with Gasteiger partial charge in [0.05, 0.1) is 33.0 Å². The van der Waals surface area contributed by atoms with Crippen LogP contribution in [-0.2, 0) is 28.7 Å². The largest absolute Gasteiger partial charge is 0.378 e. The third-order valence-electron chi connectivity index (χ3n) is 4.91. The molecule has 9 heteroatoms. The molecule has 172 valence electrons. The molecule has 1 saturated heterocycles. The summed E-state index contributed by atoms with van der Waals surface area (Å²) in [4.78, 5) is 47.6. The van der Waals surface area contributed by atoms with E-state index in [4.69, 9.17) is 9.47 Å². The minimum atomic E-state index is -0.298. The summed E-state index contributed by atoms with van der Waals surface area (Å²) in [6.07, 6.45) is 8.49. The highest BCUT2D eigenvalue weighted by molar-refractivity contribution is 6.04. The number of likely N-dealkylation sites (tertiary alicyclic amines) is 1. The summed E-state index contributed by atoms with van der Waals surface area (Å²) in [5, 5.41) is 6.06. The van der Waals surface area contributed by atoms with E-state index in [0.29, 0.717) is 39.4 Å². The zero-order chi connectivity index (χ0) is 22.3. The third kappa shape index (κ3) is 10.5. The quantitative estimate of drug-likeness (QED) is 0.253. The number of carbonyl (C=O) groups excluding carboxylic acids is 4. The summed E-state index contributed by atoms with van der Waals surface area (Å²) >= 11 is 0. The Balaban J connectivity index is 1.34. The average molecular weight is 436 g/mol. The van der Waals surface area contributed by atoms with E-state index >= 15 is 0 Å². The molecule has 0 bridgehead atoms. The molecule has 1 aliphatic carbocycles. The fraction of sp³-hybridized carbons (Fsp3) is 0.636. The number of hydrogen-bond acceptors (Lipinski definition) is 7. The number of Topliss-reactive ketones (excluding diaryl/α,β-unsaturated/α-hetero) is 1. The molecule has 1 aliphatic heterocycles. The van der Waals surface area contributed by atoms with Crippen molar-refractivity contribution in [3.8, 4) is 0 Å². The Morgan fingerprint density at radius 2 is 1.68 bits per heavy atom. The second kappa shape index (κ2) is 14.6. The number of nitrogens with one attached hydrogen (secondary N) is 2. The van der Waals surface area contributed by atoms with Crippen LogP contribution in [0.1, 0.15) is 38.5 Å². The molecule has 0 radical (unpaired) electrons. The number of amides is 3. The first kappa shape index (κ1) is 24.9. The molecule has 2 aliphatic rings. The Kier molecular flexibility index (Phi) is 11.7. The van der Waals surface area contributed by atoms with Gasteiger partial charge in [-0.25, -0.2) is 0 Å². The van der Waals surface area contributed by atoms with Crippen molar-refractivity contribution in [2.75, 3.05) is 52.6 Å². The van der Waals surface area contributed by atoms with Gasteiger partial charge in [0.25, 0.3) is 0 Å². The van der Waals surface area contributed by atoms with Gasteiger partial charge in [0.2, 0.25) is 17.7 Å². The van der Waals surface area contributed by atoms with Crippen molar-refractivity contribution >= 4 is 23.5 Å². The lowest BCUT2D eigenvalue weighted by Crippen LogP contribution is -2.34. The molecule has 31 heavy (non-hydrogen) atoms. The Morgan fingerprint density at radius 1 is 0.968 bits per heavy atom. The normalized spacial score (nSPS) is 15.6. The molecule has 0 unspecified atom stereocenters. The topological polar surface area (TPSA) is 114 Å². The molecule has 2 rings (SSSR count). The Labute approximate surface area is 183 Å². The van der Waals surface area contributed by atoms with E-state index < -0.39 is 0 Å². The number of imide groups is 1. The highest BCUT2D eigenvalue weighted by atomic mass is 16.5. The molecule has 0 aromatic carbocycles. The van der Waals surface area contributed by atoms with Gasteiger partial charge in [0.1, 0.15) is 0 Å². The Hall–Kier alpha value is -2.36. The molecule has 1 fully saturated rings. The molecule has 1 heterocycles. The number of nitrogens with zero attached hydrogens (tertiary/aromatic N) is 1. The molecule has 0 saturated carbocycles. The van der Waals surface area contributed by atoms with Crippen LogP contribution in [-0.4, -0.2) is 81.0 Å². The average Bonchev–Trinajstić information content (AvgIpc) is 3.37. The van der Waals surface area contributed by atoms with Crippen molar-refractivity contribution in [2.45, 2.75) is 38.5 Å². The standard InChI is InChI=1S/C22H33N3O6/c26-19(17-25-21(28)8-9-22(25)29)6-3-7-20(27)24-11-13-31-15-14-30-12-10-23-16-18-4-1-2-5-18/h1-2,4,23H,3,5-17H2,(H,24,27). The van der Waals surface area contributed by atoms with Crippen LogP contribution in [0.3, 0.4) is 0 Å². The summed E-state index contributed by atoms with van der Waals surface area (Å²) in [6.45, 7) is 3.89. The minimum Gasteiger partial charge on any atom is -0.378 e. The van der Waals surface area contributed by atoms with Gasteiger partial charge >= 0.3 is 0 Å². The van der Waals surface area contributed by atoms with Crippen LogP contribution in [0.15, 0.2) is 23.8 Å². The van der Waals surface area contributed by atoms with Gasteiger partial charge in [0, 0.05) is 45.3 Å². The molecular weight excluding hydrogens is 402 g/mol. The molecule has 0 aromatic rings. The molecule has 0 atom stereocenters. The number of allylic oxidation sites excluding steroid dienone is 3. The molecule has 0 aromatic heterocycles. The highest BCUT2D eigenvalue weighted by Crippen LogP contribution is 2.12. The number of rotatable bonds is 17. The van der Waals surface area contributed by atoms with E-state index in [2.05, 4.69) is 28.9 Å². The van der Waals surface area contributed by atoms with E-state index in [0.717, 1.165) is 24.4 Å². The van der Waals surface area contributed by atoms with Crippen LogP contribution >= 0.6 is 0 Å². The molecular formula is C22H33N3O6. The smallest absolute Gasteiger partial charge is 0.230 e. The summed E-state index contributed by atoms with van der Waals surface area (Å²) in [5.74, 6) is -0.955. The molecule has 9 nitrogen and oxygen atoms in total. The van der Waals surface area contributed by atoms with Crippen LogP contribution in [0, 0.1) is 0 Å². The van der Waals surface area contributed by atoms with Gasteiger partial charge in [-0.2, -0.15) is 0 Å². The van der Waals surface area contributed by atoms with Gasteiger partial charge in [-0.15, -0.1) is 0 Å². The Bertz CT molecular complexity index is 673. The van der Waals surface area contributed by atoms with Crippen molar-refractivity contribution in [1.82, 2.24) is 15.5 Å². The fourth-order valence-electron chi connectivity index (χ4n) is 3.19. The maximum atomic E-state index is 11.9. The molecule has 3 amide bonds. The molecule has 2 N–H and O–H groups in total. The Morgan fingerprint density at radius 3 is 2.35 bits per heavy atom. The van der Waals surface area contributed by atoms with Gasteiger partial charge < -0.3 is 20.1 Å². The van der Waals surface area contributed by atoms with Crippen molar-refractivity contribution in [2.24, 2.45) is 0 Å². The predicted molar refractivity (Wildman–Crippen MR) is 114 cm³/mol. The summed E-state index contributed by atoms with van der Waals surface area (Å²) in [5.41, 5.74) is 1.38. The van der Waals surface area contributed by atoms with Gasteiger partial charge in [-0.05, 0) is 12.8 Å². The first-order valence-electron chi connectivity index (χ1n) is 10.9. The summed E-state index contributed by atoms with van der Waals surface area (Å²) < 4.78 is 10.9. The lowest BCUT2D eigenvalue weighted by Gasteiger charge is -2.12. The van der Waals surface area contributed by atoms with Crippen LogP contribution in [0.5, 0.6) is 0 Å². The van der Waals surface area contributed by atoms with E-state index in [-0.39, 0.29) is 55.7 Å². The highest BCUT2D eigenvalue weighted by Gasteiger charge is 2.30. The molecule has 0 spiro atoms. The van der Waals surface area contributed by atoms with Crippen LogP contribution < -0.4 is 10.6 Å². The zero-order valence-corrected chi connectivity index (χ0v) is 18.0. The van der Waals surface area contributed by atoms with Gasteiger partial charge in [0.15, 0.2) is 5.78 Å².